The number of nitrogens with two attached hydrogens (primary N) is 1. The van der Waals surface area contributed by atoms with Crippen molar-refractivity contribution in [2.45, 2.75) is 84.3 Å². The number of benzene rings is 1. The van der Waals surface area contributed by atoms with Gasteiger partial charge in [0.25, 0.3) is 0 Å². The average molecular weight is 501 g/mol. The first-order chi connectivity index (χ1) is 17.4. The number of carbonyl (C=O) groups is 2. The summed E-state index contributed by atoms with van der Waals surface area (Å²) >= 11 is 0. The van der Waals surface area contributed by atoms with E-state index in [2.05, 4.69) is 24.5 Å². The third kappa shape index (κ3) is 7.59. The first-order valence-corrected chi connectivity index (χ1v) is 13.5. The van der Waals surface area contributed by atoms with Crippen LogP contribution in [-0.2, 0) is 22.7 Å². The Balaban J connectivity index is 1.60. The van der Waals surface area contributed by atoms with Crippen molar-refractivity contribution in [3.8, 4) is 0 Å². The molecule has 2 atom stereocenters. The van der Waals surface area contributed by atoms with Crippen LogP contribution in [0.25, 0.3) is 0 Å². The van der Waals surface area contributed by atoms with Crippen LogP contribution in [0.15, 0.2) is 29.3 Å². The largest absolute Gasteiger partial charge is 0.368 e. The third-order valence-electron chi connectivity index (χ3n) is 7.27. The lowest BCUT2D eigenvalue weighted by Gasteiger charge is -2.46. The molecule has 0 aliphatic carbocycles. The molecule has 2 aliphatic rings. The summed E-state index contributed by atoms with van der Waals surface area (Å²) in [6, 6.07) is 7.90. The van der Waals surface area contributed by atoms with Crippen molar-refractivity contribution < 1.29 is 14.4 Å². The molecule has 1 aromatic rings. The second-order valence-corrected chi connectivity index (χ2v) is 10.1. The number of nitrogens with zero attached hydrogens (tertiary/aromatic N) is 3. The maximum atomic E-state index is 12.0. The van der Waals surface area contributed by atoms with E-state index in [4.69, 9.17) is 15.6 Å². The number of amides is 3. The van der Waals surface area contributed by atoms with E-state index in [9.17, 15) is 9.59 Å². The van der Waals surface area contributed by atoms with Crippen LogP contribution in [0.3, 0.4) is 0 Å². The van der Waals surface area contributed by atoms with Crippen LogP contribution in [0, 0.1) is 5.92 Å². The number of aliphatic imine (C=N–C) groups is 1. The lowest BCUT2D eigenvalue weighted by molar-refractivity contribution is -0.152. The Hall–Kier alpha value is -2.81. The zero-order valence-corrected chi connectivity index (χ0v) is 22.2. The van der Waals surface area contributed by atoms with Crippen molar-refractivity contribution in [3.63, 3.8) is 0 Å². The molecule has 3 rings (SSSR count). The molecule has 0 saturated carbocycles. The summed E-state index contributed by atoms with van der Waals surface area (Å²) in [7, 11) is 0. The van der Waals surface area contributed by atoms with Gasteiger partial charge in [0.1, 0.15) is 6.61 Å². The van der Waals surface area contributed by atoms with Gasteiger partial charge in [0.05, 0.1) is 12.1 Å². The summed E-state index contributed by atoms with van der Waals surface area (Å²) < 4.78 is 0. The molecule has 0 spiro atoms. The maximum Gasteiger partial charge on any atom is 0.315 e. The first kappa shape index (κ1) is 27.8. The van der Waals surface area contributed by atoms with Crippen LogP contribution in [0.2, 0.25) is 0 Å². The topological polar surface area (TPSA) is 112 Å². The van der Waals surface area contributed by atoms with Crippen molar-refractivity contribution in [2.24, 2.45) is 16.6 Å². The van der Waals surface area contributed by atoms with Crippen molar-refractivity contribution in [1.29, 1.82) is 0 Å². The number of hydrogen-bond acceptors (Lipinski definition) is 6. The van der Waals surface area contributed by atoms with Crippen molar-refractivity contribution in [2.75, 3.05) is 26.2 Å². The van der Waals surface area contributed by atoms with Gasteiger partial charge in [-0.2, -0.15) is 0 Å². The van der Waals surface area contributed by atoms with E-state index in [0.717, 1.165) is 62.6 Å². The molecule has 3 amide bonds. The predicted molar refractivity (Wildman–Crippen MR) is 142 cm³/mol. The van der Waals surface area contributed by atoms with Gasteiger partial charge in [-0.1, -0.05) is 57.4 Å². The molecule has 9 nitrogen and oxygen atoms in total. The molecule has 2 heterocycles. The molecular weight excluding hydrogens is 456 g/mol. The van der Waals surface area contributed by atoms with E-state index in [1.54, 1.807) is 12.0 Å². The number of carbonyl (C=O) groups excluding carboxylic acids is 2. The molecule has 36 heavy (non-hydrogen) atoms. The Morgan fingerprint density at radius 1 is 1.14 bits per heavy atom. The van der Waals surface area contributed by atoms with Gasteiger partial charge in [0.2, 0.25) is 11.9 Å². The summed E-state index contributed by atoms with van der Waals surface area (Å²) in [6.45, 7) is 9.57. The summed E-state index contributed by atoms with van der Waals surface area (Å²) in [6.07, 6.45) is 7.07. The number of likely N-dealkylation sites (tertiary alicyclic amines) is 1. The number of hydrogen-bond donors (Lipinski definition) is 3. The predicted octanol–water partition coefficient (Wildman–Crippen LogP) is 3.54. The number of urea groups is 1. The van der Waals surface area contributed by atoms with E-state index >= 15 is 0 Å². The van der Waals surface area contributed by atoms with E-state index in [1.165, 1.54) is 0 Å². The fraction of sp³-hybridized carbons (Fsp3) is 0.667. The second-order valence-electron chi connectivity index (χ2n) is 10.1. The normalized spacial score (nSPS) is 22.2. The highest BCUT2D eigenvalue weighted by atomic mass is 16.7. The smallest absolute Gasteiger partial charge is 0.315 e. The zero-order chi connectivity index (χ0) is 26.0. The van der Waals surface area contributed by atoms with Gasteiger partial charge in [-0.15, -0.1) is 0 Å². The second kappa shape index (κ2) is 13.5. The van der Waals surface area contributed by atoms with Crippen LogP contribution < -0.4 is 16.4 Å². The van der Waals surface area contributed by atoms with Gasteiger partial charge in [-0.05, 0) is 36.8 Å². The number of unbranched alkanes of at least 4 members (excludes halogenated alkanes) is 2. The van der Waals surface area contributed by atoms with Gasteiger partial charge >= 0.3 is 6.03 Å². The Morgan fingerprint density at radius 3 is 2.53 bits per heavy atom. The van der Waals surface area contributed by atoms with Gasteiger partial charge in [-0.25, -0.2) is 14.9 Å². The molecule has 2 unspecified atom stereocenters. The minimum Gasteiger partial charge on any atom is -0.368 e. The monoisotopic (exact) mass is 500 g/mol. The lowest BCUT2D eigenvalue weighted by atomic mass is 9.76. The standard InChI is InChI=1S/C27H44N6O3/c1-4-6-14-27(24-9-8-16-32(19-24)21(3)34)20-36-33(25(28)31-27)18-23-12-10-22(11-13-23)17-30-26(35)29-15-7-5-2/h10-13,24H,4-9,14-20H2,1-3H3,(H2,28,31)(H2,29,30,35). The van der Waals surface area contributed by atoms with E-state index in [-0.39, 0.29) is 17.9 Å². The van der Waals surface area contributed by atoms with Gasteiger partial charge in [0.15, 0.2) is 0 Å². The Kier molecular flexibility index (Phi) is 10.4. The lowest BCUT2D eigenvalue weighted by Crippen LogP contribution is -2.56. The molecule has 1 saturated heterocycles. The molecule has 1 fully saturated rings. The number of guanidine groups is 1. The van der Waals surface area contributed by atoms with Gasteiger partial charge < -0.3 is 21.3 Å². The highest BCUT2D eigenvalue weighted by Gasteiger charge is 2.44. The highest BCUT2D eigenvalue weighted by molar-refractivity contribution is 5.78. The molecule has 1 aromatic carbocycles. The molecule has 2 aliphatic heterocycles. The molecule has 0 radical (unpaired) electrons. The van der Waals surface area contributed by atoms with Crippen LogP contribution in [0.1, 0.15) is 76.8 Å². The summed E-state index contributed by atoms with van der Waals surface area (Å²) in [5.41, 5.74) is 8.13. The quantitative estimate of drug-likeness (QED) is 0.403. The first-order valence-electron chi connectivity index (χ1n) is 13.5. The van der Waals surface area contributed by atoms with Crippen LogP contribution in [0.4, 0.5) is 4.79 Å². The minimum atomic E-state index is -0.391. The number of piperidine rings is 1. The molecule has 200 valence electrons. The van der Waals surface area contributed by atoms with E-state index in [1.807, 2.05) is 29.2 Å². The Bertz CT molecular complexity index is 890. The zero-order valence-electron chi connectivity index (χ0n) is 22.2. The number of nitrogens with one attached hydrogen (secondary N) is 2. The fourth-order valence-electron chi connectivity index (χ4n) is 4.98. The van der Waals surface area contributed by atoms with Gasteiger partial charge in [-0.3, -0.25) is 9.63 Å². The highest BCUT2D eigenvalue weighted by Crippen LogP contribution is 2.37. The number of hydroxylamine groups is 2. The van der Waals surface area contributed by atoms with Crippen molar-refractivity contribution in [1.82, 2.24) is 20.6 Å². The van der Waals surface area contributed by atoms with Crippen molar-refractivity contribution >= 4 is 17.9 Å². The Morgan fingerprint density at radius 2 is 1.86 bits per heavy atom. The Labute approximate surface area is 215 Å². The summed E-state index contributed by atoms with van der Waals surface area (Å²) in [4.78, 5) is 37.1. The van der Waals surface area contributed by atoms with Crippen LogP contribution >= 0.6 is 0 Å². The maximum absolute atomic E-state index is 12.0. The SMILES string of the molecule is CCCCNC(=O)NCc1ccc(CN2OCC(CCCC)(C3CCCN(C(C)=O)C3)N=C2N)cc1. The summed E-state index contributed by atoms with van der Waals surface area (Å²) in [5, 5.41) is 7.41. The van der Waals surface area contributed by atoms with E-state index < -0.39 is 5.54 Å². The van der Waals surface area contributed by atoms with Crippen molar-refractivity contribution in [3.05, 3.63) is 35.4 Å². The minimum absolute atomic E-state index is 0.122. The third-order valence-corrected chi connectivity index (χ3v) is 7.27. The molecular formula is C27H44N6O3. The number of rotatable bonds is 11. The molecule has 4 N–H and O–H groups in total. The van der Waals surface area contributed by atoms with Crippen LogP contribution in [0.5, 0.6) is 0 Å². The van der Waals surface area contributed by atoms with Crippen LogP contribution in [-0.4, -0.2) is 59.6 Å². The fourth-order valence-corrected chi connectivity index (χ4v) is 4.98. The van der Waals surface area contributed by atoms with Gasteiger partial charge in [0, 0.05) is 39.0 Å². The molecule has 9 heteroatoms. The molecule has 0 bridgehead atoms. The average Bonchev–Trinajstić information content (AvgIpc) is 2.88. The molecule has 0 aromatic heterocycles. The summed E-state index contributed by atoms with van der Waals surface area (Å²) in [5.74, 6) is 0.761. The van der Waals surface area contributed by atoms with E-state index in [0.29, 0.717) is 38.7 Å².